The molecule has 4 heterocycles. The average molecular weight is 629 g/mol. The molecule has 236 valence electrons. The number of nitro benzene ring substituents is 1. The van der Waals surface area contributed by atoms with E-state index in [1.165, 1.54) is 23.5 Å². The first-order valence-corrected chi connectivity index (χ1v) is 15.2. The van der Waals surface area contributed by atoms with Crippen molar-refractivity contribution < 1.29 is 51.9 Å². The van der Waals surface area contributed by atoms with Crippen LogP contribution in [0.5, 0.6) is 5.75 Å². The van der Waals surface area contributed by atoms with Crippen LogP contribution in [-0.2, 0) is 19.9 Å². The fraction of sp³-hybridized carbons (Fsp3) is 0.586. The maximum Gasteiger partial charge on any atom is 0.430 e. The van der Waals surface area contributed by atoms with Crippen molar-refractivity contribution in [2.75, 3.05) is 32.8 Å². The van der Waals surface area contributed by atoms with Crippen molar-refractivity contribution in [3.05, 3.63) is 56.8 Å². The van der Waals surface area contributed by atoms with Crippen molar-refractivity contribution in [2.24, 2.45) is 11.8 Å². The van der Waals surface area contributed by atoms with Gasteiger partial charge < -0.3 is 29.0 Å². The number of aliphatic carboxylic acids is 1. The van der Waals surface area contributed by atoms with Gasteiger partial charge in [0.25, 0.3) is 5.69 Å². The van der Waals surface area contributed by atoms with Gasteiger partial charge in [0.2, 0.25) is 0 Å². The first-order chi connectivity index (χ1) is 20.3. The van der Waals surface area contributed by atoms with Gasteiger partial charge in [0.1, 0.15) is 18.3 Å². The third kappa shape index (κ3) is 7.84. The van der Waals surface area contributed by atoms with E-state index in [0.29, 0.717) is 23.2 Å². The Morgan fingerprint density at radius 1 is 1.07 bits per heavy atom. The standard InChI is InChI=1S/C27H35N2O6S.C2HF3O2/c30-26(27(31,21-5-1-2-6-21)25-7-3-18-36-25)35-24-19-29(15-12-20(24)13-16-29)14-4-17-34-23-10-8-22(9-11-23)28(32)33;3-2(4,5)1(6)7/h3,7-11,18,20-21,24,31H,1-2,4-6,12-17,19H2;(H,6,7)/q+1;/p-1/t20?,24-,27+,29?;/m0./s1. The summed E-state index contributed by atoms with van der Waals surface area (Å²) in [6.45, 7) is 4.42. The Balaban J connectivity index is 0.000000541. The molecular weight excluding hydrogens is 593 g/mol. The van der Waals surface area contributed by atoms with Crippen molar-refractivity contribution in [3.63, 3.8) is 0 Å². The zero-order chi connectivity index (χ0) is 31.3. The molecule has 0 unspecified atom stereocenters. The number of nitrogens with zero attached hydrogens (tertiary/aromatic N) is 2. The number of nitro groups is 1. The predicted octanol–water partition coefficient (Wildman–Crippen LogP) is 3.95. The molecule has 3 aliphatic heterocycles. The highest BCUT2D eigenvalue weighted by Crippen LogP contribution is 2.44. The van der Waals surface area contributed by atoms with Crippen LogP contribution in [0, 0.1) is 22.0 Å². The number of halogens is 3. The lowest BCUT2D eigenvalue weighted by atomic mass is 9.82. The number of fused-ring (bicyclic) bond motifs is 3. The number of quaternary nitrogens is 1. The number of hydrogen-bond acceptors (Lipinski definition) is 9. The lowest BCUT2D eigenvalue weighted by Gasteiger charge is -2.52. The molecule has 1 aliphatic carbocycles. The van der Waals surface area contributed by atoms with Gasteiger partial charge in [0.05, 0.1) is 31.2 Å². The highest BCUT2D eigenvalue weighted by molar-refractivity contribution is 7.10. The monoisotopic (exact) mass is 628 g/mol. The van der Waals surface area contributed by atoms with Gasteiger partial charge in [-0.1, -0.05) is 18.9 Å². The summed E-state index contributed by atoms with van der Waals surface area (Å²) >= 11 is 1.43. The molecule has 0 spiro atoms. The van der Waals surface area contributed by atoms with Gasteiger partial charge in [-0.15, -0.1) is 11.3 Å². The van der Waals surface area contributed by atoms with Crippen LogP contribution in [0.2, 0.25) is 0 Å². The minimum atomic E-state index is -5.19. The van der Waals surface area contributed by atoms with Crippen LogP contribution in [0.25, 0.3) is 0 Å². The van der Waals surface area contributed by atoms with E-state index in [4.69, 9.17) is 19.4 Å². The summed E-state index contributed by atoms with van der Waals surface area (Å²) in [6.07, 6.45) is 1.34. The van der Waals surface area contributed by atoms with Crippen LogP contribution in [0.15, 0.2) is 41.8 Å². The Morgan fingerprint density at radius 3 is 2.23 bits per heavy atom. The van der Waals surface area contributed by atoms with Crippen molar-refractivity contribution in [1.82, 2.24) is 0 Å². The molecule has 3 saturated heterocycles. The topological polar surface area (TPSA) is 139 Å². The zero-order valence-corrected chi connectivity index (χ0v) is 24.3. The van der Waals surface area contributed by atoms with Gasteiger partial charge in [-0.25, -0.2) is 4.79 Å². The Labute approximate surface area is 250 Å². The summed E-state index contributed by atoms with van der Waals surface area (Å²) in [7, 11) is 0. The molecule has 4 fully saturated rings. The summed E-state index contributed by atoms with van der Waals surface area (Å²) in [5, 5.41) is 33.2. The molecule has 6 rings (SSSR count). The van der Waals surface area contributed by atoms with Crippen LogP contribution in [0.4, 0.5) is 18.9 Å². The number of non-ortho nitro benzene ring substituents is 1. The lowest BCUT2D eigenvalue weighted by Crippen LogP contribution is -2.65. The number of alkyl halides is 3. The van der Waals surface area contributed by atoms with Gasteiger partial charge >= 0.3 is 12.1 Å². The molecule has 2 atom stereocenters. The Hall–Kier alpha value is -3.23. The van der Waals surface area contributed by atoms with E-state index in [1.807, 2.05) is 17.5 Å². The highest BCUT2D eigenvalue weighted by Gasteiger charge is 2.53. The Kier molecular flexibility index (Phi) is 10.3. The lowest BCUT2D eigenvalue weighted by molar-refractivity contribution is -0.946. The first kappa shape index (κ1) is 32.7. The van der Waals surface area contributed by atoms with Crippen LogP contribution in [0.1, 0.15) is 49.8 Å². The molecule has 0 radical (unpaired) electrons. The summed E-state index contributed by atoms with van der Waals surface area (Å²) < 4.78 is 44.5. The molecule has 2 aromatic rings. The number of benzene rings is 1. The molecule has 1 aromatic carbocycles. The number of rotatable bonds is 10. The van der Waals surface area contributed by atoms with E-state index in [-0.39, 0.29) is 17.7 Å². The van der Waals surface area contributed by atoms with E-state index >= 15 is 0 Å². The van der Waals surface area contributed by atoms with Crippen LogP contribution >= 0.6 is 11.3 Å². The number of carboxylic acids is 1. The van der Waals surface area contributed by atoms with E-state index in [2.05, 4.69) is 0 Å². The average Bonchev–Trinajstić information content (AvgIpc) is 3.72. The molecule has 1 N–H and O–H groups in total. The van der Waals surface area contributed by atoms with Crippen molar-refractivity contribution in [3.8, 4) is 5.75 Å². The quantitative estimate of drug-likeness (QED) is 0.137. The predicted molar refractivity (Wildman–Crippen MR) is 147 cm³/mol. The number of piperidine rings is 3. The molecule has 14 heteroatoms. The fourth-order valence-electron chi connectivity index (χ4n) is 6.46. The van der Waals surface area contributed by atoms with Gasteiger partial charge in [-0.05, 0) is 36.4 Å². The van der Waals surface area contributed by atoms with Crippen molar-refractivity contribution in [1.29, 1.82) is 0 Å². The molecule has 10 nitrogen and oxygen atoms in total. The van der Waals surface area contributed by atoms with E-state index in [0.717, 1.165) is 75.6 Å². The number of ether oxygens (including phenoxy) is 2. The zero-order valence-electron chi connectivity index (χ0n) is 23.5. The fourth-order valence-corrected chi connectivity index (χ4v) is 7.35. The summed E-state index contributed by atoms with van der Waals surface area (Å²) in [5.41, 5.74) is -1.49. The normalized spacial score (nSPS) is 24.8. The second-order valence-corrected chi connectivity index (χ2v) is 12.4. The van der Waals surface area contributed by atoms with Crippen LogP contribution in [0.3, 0.4) is 0 Å². The molecule has 2 bridgehead atoms. The minimum absolute atomic E-state index is 0.0522. The molecule has 1 saturated carbocycles. The van der Waals surface area contributed by atoms with Crippen LogP contribution < -0.4 is 9.84 Å². The van der Waals surface area contributed by atoms with Gasteiger partial charge in [-0.2, -0.15) is 13.2 Å². The number of esters is 1. The summed E-state index contributed by atoms with van der Waals surface area (Å²) in [5.74, 6) is -2.56. The minimum Gasteiger partial charge on any atom is -0.542 e. The third-order valence-corrected chi connectivity index (χ3v) is 9.77. The molecule has 4 aliphatic rings. The van der Waals surface area contributed by atoms with E-state index in [9.17, 15) is 33.2 Å². The number of carbonyl (C=O) groups excluding carboxylic acids is 2. The Morgan fingerprint density at radius 2 is 1.70 bits per heavy atom. The third-order valence-electron chi connectivity index (χ3n) is 8.78. The number of carbonyl (C=O) groups is 2. The van der Waals surface area contributed by atoms with Gasteiger partial charge in [0, 0.05) is 48.1 Å². The second-order valence-electron chi connectivity index (χ2n) is 11.4. The molecular formula is C29H35F3N2O8S. The molecule has 0 amide bonds. The van der Waals surface area contributed by atoms with E-state index < -0.39 is 28.6 Å². The van der Waals surface area contributed by atoms with Crippen molar-refractivity contribution in [2.45, 2.75) is 62.8 Å². The van der Waals surface area contributed by atoms with Gasteiger partial charge in [-0.3, -0.25) is 10.1 Å². The number of hydrogen-bond donors (Lipinski definition) is 1. The number of aliphatic hydroxyl groups is 1. The maximum absolute atomic E-state index is 13.5. The van der Waals surface area contributed by atoms with Gasteiger partial charge in [0.15, 0.2) is 11.7 Å². The Bertz CT molecular complexity index is 1240. The summed E-state index contributed by atoms with van der Waals surface area (Å²) in [6, 6.07) is 9.92. The highest BCUT2D eigenvalue weighted by atomic mass is 32.1. The SMILES string of the molecule is O=C(O[C@H]1C[N+]2(CCCOc3ccc([N+](=O)[O-])cc3)CCC1CC2)[C@](O)(c1cccs1)C1CCCC1.O=C([O-])C(F)(F)F. The van der Waals surface area contributed by atoms with Crippen LogP contribution in [-0.4, -0.2) is 71.5 Å². The van der Waals surface area contributed by atoms with Crippen molar-refractivity contribution >= 4 is 29.0 Å². The number of carboxylic acid groups (broad SMARTS) is 1. The second kappa shape index (κ2) is 13.6. The summed E-state index contributed by atoms with van der Waals surface area (Å²) in [4.78, 5) is 33.4. The first-order valence-electron chi connectivity index (χ1n) is 14.3. The smallest absolute Gasteiger partial charge is 0.430 e. The maximum atomic E-state index is 13.5. The molecule has 43 heavy (non-hydrogen) atoms. The van der Waals surface area contributed by atoms with E-state index in [1.54, 1.807) is 12.1 Å². The number of thiophene rings is 1. The largest absolute Gasteiger partial charge is 0.542 e. The molecule has 1 aromatic heterocycles.